The lowest BCUT2D eigenvalue weighted by Gasteiger charge is -2.14. The Morgan fingerprint density at radius 2 is 1.83 bits per heavy atom. The van der Waals surface area contributed by atoms with Crippen molar-refractivity contribution in [3.63, 3.8) is 0 Å². The zero-order chi connectivity index (χ0) is 13.3. The zero-order valence-electron chi connectivity index (χ0n) is 10.1. The first-order valence-corrected chi connectivity index (χ1v) is 6.31. The van der Waals surface area contributed by atoms with E-state index in [0.717, 1.165) is 0 Å². The molecule has 0 aliphatic carbocycles. The molecule has 0 unspecified atom stereocenters. The van der Waals surface area contributed by atoms with Crippen molar-refractivity contribution in [3.8, 4) is 11.4 Å². The number of hydrogen-bond donors (Lipinski definition) is 1. The molecule has 1 N–H and O–H groups in total. The molecule has 1 heterocycles. The molecule has 4 nitrogen and oxygen atoms in total. The average Bonchev–Trinajstić information content (AvgIpc) is 2.72. The molecule has 0 radical (unpaired) electrons. The monoisotopic (exact) mass is 285 g/mol. The van der Waals surface area contributed by atoms with E-state index >= 15 is 0 Å². The van der Waals surface area contributed by atoms with E-state index in [2.05, 4.69) is 10.2 Å². The van der Waals surface area contributed by atoms with Gasteiger partial charge in [-0.15, -0.1) is 10.2 Å². The van der Waals surface area contributed by atoms with Crippen LogP contribution in [-0.4, -0.2) is 19.9 Å². The molecular formula is C12H13Cl2N3O. The Labute approximate surface area is 115 Å². The third-order valence-electron chi connectivity index (χ3n) is 2.61. The molecule has 0 amide bonds. The highest BCUT2D eigenvalue weighted by molar-refractivity contribution is 6.38. The second-order valence-corrected chi connectivity index (χ2v) is 4.97. The molecule has 2 aromatic rings. The SMILES string of the molecule is CC(C)n1c(CO)nnc1-c1c(Cl)cccc1Cl. The van der Waals surface area contributed by atoms with Crippen molar-refractivity contribution in [2.45, 2.75) is 26.5 Å². The summed E-state index contributed by atoms with van der Waals surface area (Å²) in [6.45, 7) is 3.79. The molecule has 0 aliphatic heterocycles. The molecule has 1 aromatic heterocycles. The number of hydrogen-bond acceptors (Lipinski definition) is 3. The van der Waals surface area contributed by atoms with Crippen molar-refractivity contribution in [2.24, 2.45) is 0 Å². The van der Waals surface area contributed by atoms with Crippen LogP contribution < -0.4 is 0 Å². The lowest BCUT2D eigenvalue weighted by molar-refractivity contribution is 0.262. The maximum absolute atomic E-state index is 9.28. The van der Waals surface area contributed by atoms with Gasteiger partial charge in [-0.05, 0) is 26.0 Å². The third kappa shape index (κ3) is 2.23. The summed E-state index contributed by atoms with van der Waals surface area (Å²) in [4.78, 5) is 0. The molecule has 2 rings (SSSR count). The van der Waals surface area contributed by atoms with Crippen LogP contribution in [0.25, 0.3) is 11.4 Å². The first-order valence-electron chi connectivity index (χ1n) is 5.55. The average molecular weight is 286 g/mol. The highest BCUT2D eigenvalue weighted by Gasteiger charge is 2.19. The molecule has 0 spiro atoms. The Hall–Kier alpha value is -1.10. The summed E-state index contributed by atoms with van der Waals surface area (Å²) in [6.07, 6.45) is 0. The quantitative estimate of drug-likeness (QED) is 0.941. The van der Waals surface area contributed by atoms with E-state index in [1.54, 1.807) is 18.2 Å². The standard InChI is InChI=1S/C12H13Cl2N3O/c1-7(2)17-10(6-18)15-16-12(17)11-8(13)4-3-5-9(11)14/h3-5,7,18H,6H2,1-2H3. The Balaban J connectivity index is 2.68. The van der Waals surface area contributed by atoms with Gasteiger partial charge in [0.05, 0.1) is 15.6 Å². The van der Waals surface area contributed by atoms with E-state index in [1.165, 1.54) is 0 Å². The number of aromatic nitrogens is 3. The van der Waals surface area contributed by atoms with Gasteiger partial charge in [0, 0.05) is 6.04 Å². The highest BCUT2D eigenvalue weighted by atomic mass is 35.5. The van der Waals surface area contributed by atoms with Gasteiger partial charge in [-0.25, -0.2) is 0 Å². The maximum Gasteiger partial charge on any atom is 0.167 e. The summed E-state index contributed by atoms with van der Waals surface area (Å²) in [7, 11) is 0. The summed E-state index contributed by atoms with van der Waals surface area (Å²) in [5.74, 6) is 1.07. The number of halogens is 2. The number of benzene rings is 1. The van der Waals surface area contributed by atoms with E-state index < -0.39 is 0 Å². The number of rotatable bonds is 3. The fourth-order valence-corrected chi connectivity index (χ4v) is 2.42. The Morgan fingerprint density at radius 3 is 2.33 bits per heavy atom. The molecule has 0 fully saturated rings. The van der Waals surface area contributed by atoms with E-state index in [4.69, 9.17) is 23.2 Å². The Morgan fingerprint density at radius 1 is 1.22 bits per heavy atom. The summed E-state index contributed by atoms with van der Waals surface area (Å²) in [6, 6.07) is 5.38. The molecule has 0 bridgehead atoms. The van der Waals surface area contributed by atoms with Crippen LogP contribution in [0.15, 0.2) is 18.2 Å². The largest absolute Gasteiger partial charge is 0.388 e. The smallest absolute Gasteiger partial charge is 0.167 e. The first kappa shape index (κ1) is 13.3. The van der Waals surface area contributed by atoms with Gasteiger partial charge in [-0.1, -0.05) is 29.3 Å². The van der Waals surface area contributed by atoms with E-state index in [0.29, 0.717) is 27.3 Å². The van der Waals surface area contributed by atoms with Crippen LogP contribution in [0.1, 0.15) is 25.7 Å². The van der Waals surface area contributed by atoms with Crippen LogP contribution in [0, 0.1) is 0 Å². The summed E-state index contributed by atoms with van der Waals surface area (Å²) in [5.41, 5.74) is 0.640. The second kappa shape index (κ2) is 5.26. The lowest BCUT2D eigenvalue weighted by Crippen LogP contribution is -2.08. The van der Waals surface area contributed by atoms with Crippen LogP contribution in [0.5, 0.6) is 0 Å². The lowest BCUT2D eigenvalue weighted by atomic mass is 10.2. The normalized spacial score (nSPS) is 11.2. The van der Waals surface area contributed by atoms with Crippen molar-refractivity contribution in [1.29, 1.82) is 0 Å². The van der Waals surface area contributed by atoms with Crippen LogP contribution in [-0.2, 0) is 6.61 Å². The van der Waals surface area contributed by atoms with Crippen molar-refractivity contribution in [3.05, 3.63) is 34.1 Å². The molecule has 1 aromatic carbocycles. The summed E-state index contributed by atoms with van der Waals surface area (Å²) in [5, 5.41) is 18.4. The highest BCUT2D eigenvalue weighted by Crippen LogP contribution is 2.34. The minimum absolute atomic E-state index is 0.101. The molecule has 0 aliphatic rings. The molecule has 0 saturated heterocycles. The van der Waals surface area contributed by atoms with Crippen LogP contribution in [0.2, 0.25) is 10.0 Å². The molecule has 18 heavy (non-hydrogen) atoms. The number of aliphatic hydroxyl groups excluding tert-OH is 1. The molecular weight excluding hydrogens is 273 g/mol. The Kier molecular flexibility index (Phi) is 3.90. The minimum Gasteiger partial charge on any atom is -0.388 e. The van der Waals surface area contributed by atoms with Crippen molar-refractivity contribution in [1.82, 2.24) is 14.8 Å². The first-order chi connectivity index (χ1) is 8.56. The fourth-order valence-electron chi connectivity index (χ4n) is 1.86. The summed E-state index contributed by atoms with van der Waals surface area (Å²) >= 11 is 12.3. The number of aliphatic hydroxyl groups is 1. The minimum atomic E-state index is -0.173. The van der Waals surface area contributed by atoms with Gasteiger partial charge in [0.25, 0.3) is 0 Å². The van der Waals surface area contributed by atoms with Crippen LogP contribution >= 0.6 is 23.2 Å². The van der Waals surface area contributed by atoms with Crippen molar-refractivity contribution in [2.75, 3.05) is 0 Å². The van der Waals surface area contributed by atoms with Crippen LogP contribution in [0.4, 0.5) is 0 Å². The van der Waals surface area contributed by atoms with Gasteiger partial charge in [-0.2, -0.15) is 0 Å². The van der Waals surface area contributed by atoms with E-state index in [9.17, 15) is 5.11 Å². The van der Waals surface area contributed by atoms with Crippen molar-refractivity contribution >= 4 is 23.2 Å². The maximum atomic E-state index is 9.28. The summed E-state index contributed by atoms with van der Waals surface area (Å²) < 4.78 is 1.83. The van der Waals surface area contributed by atoms with E-state index in [-0.39, 0.29) is 12.6 Å². The predicted molar refractivity (Wildman–Crippen MR) is 71.8 cm³/mol. The molecule has 96 valence electrons. The van der Waals surface area contributed by atoms with Crippen LogP contribution in [0.3, 0.4) is 0 Å². The fraction of sp³-hybridized carbons (Fsp3) is 0.333. The number of nitrogens with zero attached hydrogens (tertiary/aromatic N) is 3. The topological polar surface area (TPSA) is 50.9 Å². The van der Waals surface area contributed by atoms with E-state index in [1.807, 2.05) is 18.4 Å². The predicted octanol–water partition coefficient (Wildman–Crippen LogP) is 3.33. The van der Waals surface area contributed by atoms with Gasteiger partial charge < -0.3 is 9.67 Å². The molecule has 0 saturated carbocycles. The van der Waals surface area contributed by atoms with Gasteiger partial charge >= 0.3 is 0 Å². The van der Waals surface area contributed by atoms with Gasteiger partial charge in [0.2, 0.25) is 0 Å². The second-order valence-electron chi connectivity index (χ2n) is 4.16. The zero-order valence-corrected chi connectivity index (χ0v) is 11.6. The van der Waals surface area contributed by atoms with Gasteiger partial charge in [-0.3, -0.25) is 0 Å². The van der Waals surface area contributed by atoms with Crippen molar-refractivity contribution < 1.29 is 5.11 Å². The molecule has 6 heteroatoms. The van der Waals surface area contributed by atoms with Gasteiger partial charge in [0.1, 0.15) is 6.61 Å². The Bertz CT molecular complexity index is 546. The molecule has 0 atom stereocenters. The third-order valence-corrected chi connectivity index (χ3v) is 3.24. The van der Waals surface area contributed by atoms with Gasteiger partial charge in [0.15, 0.2) is 11.6 Å².